The van der Waals surface area contributed by atoms with Gasteiger partial charge in [-0.05, 0) is 49.4 Å². The second-order valence-electron chi connectivity index (χ2n) is 4.76. The van der Waals surface area contributed by atoms with Gasteiger partial charge in [-0.15, -0.1) is 0 Å². The second-order valence-corrected chi connectivity index (χ2v) is 4.76. The van der Waals surface area contributed by atoms with Crippen molar-refractivity contribution in [2.45, 2.75) is 32.6 Å². The minimum absolute atomic E-state index is 0.000573. The van der Waals surface area contributed by atoms with E-state index >= 15 is 0 Å². The van der Waals surface area contributed by atoms with Crippen LogP contribution in [0.1, 0.15) is 36.8 Å². The maximum atomic E-state index is 11.2. The lowest BCUT2D eigenvalue weighted by Gasteiger charge is -2.26. The zero-order valence-electron chi connectivity index (χ0n) is 10.5. The van der Waals surface area contributed by atoms with Gasteiger partial charge in [0.25, 0.3) is 0 Å². The number of nitrogens with one attached hydrogen (secondary N) is 2. The normalized spacial score (nSPS) is 20.0. The molecule has 3 heteroatoms. The Bertz CT molecular complexity index is 409. The van der Waals surface area contributed by atoms with E-state index in [1.54, 1.807) is 6.92 Å². The molecule has 1 atom stereocenters. The molecule has 1 unspecified atom stereocenters. The van der Waals surface area contributed by atoms with Crippen molar-refractivity contribution < 1.29 is 4.79 Å². The zero-order chi connectivity index (χ0) is 12.3. The molecule has 0 spiro atoms. The van der Waals surface area contributed by atoms with Crippen molar-refractivity contribution >= 4 is 11.6 Å². The minimum Gasteiger partial charge on any atom is -0.326 e. The van der Waals surface area contributed by atoms with Crippen LogP contribution in [0.2, 0.25) is 0 Å². The number of anilines is 1. The fraction of sp³-hybridized carbons (Fsp3) is 0.500. The van der Waals surface area contributed by atoms with Crippen molar-refractivity contribution in [2.24, 2.45) is 0 Å². The Morgan fingerprint density at radius 3 is 2.94 bits per heavy atom. The first-order chi connectivity index (χ1) is 8.18. The summed E-state index contributed by atoms with van der Waals surface area (Å²) < 4.78 is 0. The Balaban J connectivity index is 2.31. The van der Waals surface area contributed by atoms with Crippen molar-refractivity contribution in [3.63, 3.8) is 0 Å². The molecule has 0 aliphatic carbocycles. The standard InChI is InChI=1S/C14H20N2O/c1-10-5-3-7-13(16-11(2)17)14(10)12-6-4-8-15-9-12/h3,5,7,12,15H,4,6,8-9H2,1-2H3,(H,16,17). The molecule has 2 rings (SSSR count). The molecule has 0 radical (unpaired) electrons. The number of amides is 1. The summed E-state index contributed by atoms with van der Waals surface area (Å²) in [5.74, 6) is 0.521. The van der Waals surface area contributed by atoms with Crippen molar-refractivity contribution in [1.29, 1.82) is 0 Å². The largest absolute Gasteiger partial charge is 0.326 e. The number of rotatable bonds is 2. The molecule has 0 saturated carbocycles. The van der Waals surface area contributed by atoms with Gasteiger partial charge in [0.2, 0.25) is 5.91 Å². The first kappa shape index (κ1) is 12.1. The molecule has 1 aromatic carbocycles. The van der Waals surface area contributed by atoms with Crippen LogP contribution in [0.3, 0.4) is 0 Å². The topological polar surface area (TPSA) is 41.1 Å². The third-order valence-electron chi connectivity index (χ3n) is 3.34. The number of benzene rings is 1. The van der Waals surface area contributed by atoms with E-state index in [1.165, 1.54) is 24.0 Å². The molecule has 17 heavy (non-hydrogen) atoms. The van der Waals surface area contributed by atoms with Crippen LogP contribution in [0.5, 0.6) is 0 Å². The number of piperidine rings is 1. The van der Waals surface area contributed by atoms with Gasteiger partial charge in [0.05, 0.1) is 0 Å². The third-order valence-corrected chi connectivity index (χ3v) is 3.34. The summed E-state index contributed by atoms with van der Waals surface area (Å²) in [4.78, 5) is 11.2. The molecule has 0 bridgehead atoms. The van der Waals surface area contributed by atoms with Crippen LogP contribution in [0.4, 0.5) is 5.69 Å². The van der Waals surface area contributed by atoms with Crippen LogP contribution in [0.15, 0.2) is 18.2 Å². The van der Waals surface area contributed by atoms with Crippen molar-refractivity contribution in [3.8, 4) is 0 Å². The van der Waals surface area contributed by atoms with E-state index in [1.807, 2.05) is 12.1 Å². The number of hydrogen-bond donors (Lipinski definition) is 2. The zero-order valence-corrected chi connectivity index (χ0v) is 10.5. The molecule has 1 amide bonds. The highest BCUT2D eigenvalue weighted by atomic mass is 16.1. The van der Waals surface area contributed by atoms with Crippen LogP contribution in [0, 0.1) is 6.92 Å². The van der Waals surface area contributed by atoms with Gasteiger partial charge in [-0.3, -0.25) is 4.79 Å². The minimum atomic E-state index is 0.000573. The van der Waals surface area contributed by atoms with Gasteiger partial charge in [0, 0.05) is 19.2 Å². The number of aryl methyl sites for hydroxylation is 1. The molecule has 1 aromatic rings. The van der Waals surface area contributed by atoms with Crippen LogP contribution < -0.4 is 10.6 Å². The van der Waals surface area contributed by atoms with E-state index < -0.39 is 0 Å². The van der Waals surface area contributed by atoms with Crippen LogP contribution in [-0.2, 0) is 4.79 Å². The predicted molar refractivity (Wildman–Crippen MR) is 70.3 cm³/mol. The maximum absolute atomic E-state index is 11.2. The summed E-state index contributed by atoms with van der Waals surface area (Å²) in [5.41, 5.74) is 3.55. The van der Waals surface area contributed by atoms with Crippen LogP contribution >= 0.6 is 0 Å². The molecule has 1 heterocycles. The summed E-state index contributed by atoms with van der Waals surface area (Å²) in [6.07, 6.45) is 2.41. The number of carbonyl (C=O) groups excluding carboxylic acids is 1. The fourth-order valence-electron chi connectivity index (χ4n) is 2.62. The molecule has 92 valence electrons. The first-order valence-corrected chi connectivity index (χ1v) is 6.26. The van der Waals surface area contributed by atoms with E-state index in [0.717, 1.165) is 18.8 Å². The molecular weight excluding hydrogens is 212 g/mol. The van der Waals surface area contributed by atoms with E-state index in [0.29, 0.717) is 5.92 Å². The van der Waals surface area contributed by atoms with E-state index in [4.69, 9.17) is 0 Å². The summed E-state index contributed by atoms with van der Waals surface area (Å²) >= 11 is 0. The third kappa shape index (κ3) is 2.86. The number of hydrogen-bond acceptors (Lipinski definition) is 2. The molecule has 3 nitrogen and oxygen atoms in total. The van der Waals surface area contributed by atoms with Gasteiger partial charge in [0.1, 0.15) is 0 Å². The van der Waals surface area contributed by atoms with Crippen LogP contribution in [0.25, 0.3) is 0 Å². The van der Waals surface area contributed by atoms with Crippen molar-refractivity contribution in [2.75, 3.05) is 18.4 Å². The van der Waals surface area contributed by atoms with Gasteiger partial charge < -0.3 is 10.6 Å². The summed E-state index contributed by atoms with van der Waals surface area (Å²) in [6.45, 7) is 5.80. The van der Waals surface area contributed by atoms with Gasteiger partial charge in [0.15, 0.2) is 0 Å². The quantitative estimate of drug-likeness (QED) is 0.822. The lowest BCUT2D eigenvalue weighted by Crippen LogP contribution is -2.29. The molecule has 2 N–H and O–H groups in total. The number of carbonyl (C=O) groups is 1. The van der Waals surface area contributed by atoms with Gasteiger partial charge in [-0.25, -0.2) is 0 Å². The molecule has 1 aliphatic rings. The maximum Gasteiger partial charge on any atom is 0.221 e. The Hall–Kier alpha value is -1.35. The lowest BCUT2D eigenvalue weighted by molar-refractivity contribution is -0.114. The first-order valence-electron chi connectivity index (χ1n) is 6.26. The molecule has 1 fully saturated rings. The van der Waals surface area contributed by atoms with E-state index in [9.17, 15) is 4.79 Å². The highest BCUT2D eigenvalue weighted by molar-refractivity contribution is 5.89. The lowest BCUT2D eigenvalue weighted by atomic mass is 9.87. The Labute approximate surface area is 103 Å². The summed E-state index contributed by atoms with van der Waals surface area (Å²) in [6, 6.07) is 6.12. The fourth-order valence-corrected chi connectivity index (χ4v) is 2.62. The molecule has 1 saturated heterocycles. The highest BCUT2D eigenvalue weighted by Gasteiger charge is 2.20. The molecule has 1 aliphatic heterocycles. The Morgan fingerprint density at radius 1 is 1.47 bits per heavy atom. The smallest absolute Gasteiger partial charge is 0.221 e. The second kappa shape index (κ2) is 5.32. The van der Waals surface area contributed by atoms with Gasteiger partial charge in [-0.2, -0.15) is 0 Å². The predicted octanol–water partition coefficient (Wildman–Crippen LogP) is 2.42. The Morgan fingerprint density at radius 2 is 2.29 bits per heavy atom. The monoisotopic (exact) mass is 232 g/mol. The summed E-state index contributed by atoms with van der Waals surface area (Å²) in [7, 11) is 0. The van der Waals surface area contributed by atoms with Gasteiger partial charge in [-0.1, -0.05) is 12.1 Å². The average molecular weight is 232 g/mol. The van der Waals surface area contributed by atoms with E-state index in [-0.39, 0.29) is 5.91 Å². The van der Waals surface area contributed by atoms with Gasteiger partial charge >= 0.3 is 0 Å². The van der Waals surface area contributed by atoms with Crippen LogP contribution in [-0.4, -0.2) is 19.0 Å². The Kier molecular flexibility index (Phi) is 3.79. The summed E-state index contributed by atoms with van der Waals surface area (Å²) in [5, 5.41) is 6.37. The van der Waals surface area contributed by atoms with E-state index in [2.05, 4.69) is 23.6 Å². The van der Waals surface area contributed by atoms with Crippen molar-refractivity contribution in [1.82, 2.24) is 5.32 Å². The molecule has 0 aromatic heterocycles. The van der Waals surface area contributed by atoms with Crippen molar-refractivity contribution in [3.05, 3.63) is 29.3 Å². The molecular formula is C14H20N2O. The average Bonchev–Trinajstić information content (AvgIpc) is 2.29. The SMILES string of the molecule is CC(=O)Nc1cccc(C)c1C1CCCNC1. The highest BCUT2D eigenvalue weighted by Crippen LogP contribution is 2.32.